The highest BCUT2D eigenvalue weighted by Gasteiger charge is 2.13. The van der Waals surface area contributed by atoms with Crippen LogP contribution in [0.25, 0.3) is 0 Å². The molecule has 1 aliphatic carbocycles. The van der Waals surface area contributed by atoms with Crippen molar-refractivity contribution in [3.8, 4) is 5.88 Å². The number of nitrogens with two attached hydrogens (primary N) is 1. The van der Waals surface area contributed by atoms with Gasteiger partial charge in [0.1, 0.15) is 5.82 Å². The van der Waals surface area contributed by atoms with Gasteiger partial charge >= 0.3 is 0 Å². The summed E-state index contributed by atoms with van der Waals surface area (Å²) in [5.74, 6) is 1.29. The van der Waals surface area contributed by atoms with Crippen LogP contribution in [0.2, 0.25) is 0 Å². The number of rotatable bonds is 8. The predicted octanol–water partition coefficient (Wildman–Crippen LogP) is 3.21. The van der Waals surface area contributed by atoms with Crippen LogP contribution in [0.3, 0.4) is 0 Å². The van der Waals surface area contributed by atoms with E-state index in [1.807, 2.05) is 12.1 Å². The van der Waals surface area contributed by atoms with Crippen LogP contribution >= 0.6 is 0 Å². The molecule has 0 amide bonds. The maximum absolute atomic E-state index is 5.88. The lowest BCUT2D eigenvalue weighted by Gasteiger charge is -2.22. The van der Waals surface area contributed by atoms with Gasteiger partial charge in [-0.1, -0.05) is 26.2 Å². The summed E-state index contributed by atoms with van der Waals surface area (Å²) in [7, 11) is 0. The fourth-order valence-electron chi connectivity index (χ4n) is 2.50. The minimum Gasteiger partial charge on any atom is -0.476 e. The maximum Gasteiger partial charge on any atom is 0.239 e. The van der Waals surface area contributed by atoms with E-state index in [2.05, 4.69) is 17.2 Å². The molecular weight excluding hydrogens is 266 g/mol. The van der Waals surface area contributed by atoms with Gasteiger partial charge in [0.2, 0.25) is 5.88 Å². The minimum atomic E-state index is 0.448. The van der Waals surface area contributed by atoms with Gasteiger partial charge in [0.05, 0.1) is 25.0 Å². The SMILES string of the molecule is CCCOc1nc(NCCOC2CCCCC2)ccc1N. The van der Waals surface area contributed by atoms with Crippen LogP contribution < -0.4 is 15.8 Å². The summed E-state index contributed by atoms with van der Waals surface area (Å²) in [5, 5.41) is 3.26. The lowest BCUT2D eigenvalue weighted by molar-refractivity contribution is 0.0347. The molecule has 0 bridgehead atoms. The summed E-state index contributed by atoms with van der Waals surface area (Å²) >= 11 is 0. The van der Waals surface area contributed by atoms with Crippen LogP contribution in [0, 0.1) is 0 Å². The molecule has 0 unspecified atom stereocenters. The third-order valence-electron chi connectivity index (χ3n) is 3.65. The molecule has 1 aromatic rings. The Labute approximate surface area is 127 Å². The molecule has 0 aliphatic heterocycles. The van der Waals surface area contributed by atoms with E-state index in [1.54, 1.807) is 0 Å². The molecule has 2 rings (SSSR count). The fraction of sp³-hybridized carbons (Fsp3) is 0.688. The van der Waals surface area contributed by atoms with Crippen molar-refractivity contribution in [2.24, 2.45) is 0 Å². The highest BCUT2D eigenvalue weighted by atomic mass is 16.5. The van der Waals surface area contributed by atoms with Gasteiger partial charge < -0.3 is 20.5 Å². The molecule has 0 spiro atoms. The van der Waals surface area contributed by atoms with Gasteiger partial charge in [0.25, 0.3) is 0 Å². The number of hydrogen-bond donors (Lipinski definition) is 2. The molecule has 21 heavy (non-hydrogen) atoms. The van der Waals surface area contributed by atoms with E-state index in [1.165, 1.54) is 32.1 Å². The Morgan fingerprint density at radius 3 is 2.81 bits per heavy atom. The molecule has 0 atom stereocenters. The lowest BCUT2D eigenvalue weighted by Crippen LogP contribution is -2.20. The molecule has 5 nitrogen and oxygen atoms in total. The molecule has 0 aromatic carbocycles. The van der Waals surface area contributed by atoms with Crippen LogP contribution in [0.4, 0.5) is 11.5 Å². The van der Waals surface area contributed by atoms with E-state index in [0.29, 0.717) is 30.9 Å². The smallest absolute Gasteiger partial charge is 0.239 e. The first-order chi connectivity index (χ1) is 10.3. The number of nitrogens with zero attached hydrogens (tertiary/aromatic N) is 1. The molecule has 1 fully saturated rings. The summed E-state index contributed by atoms with van der Waals surface area (Å²) in [4.78, 5) is 4.38. The van der Waals surface area contributed by atoms with Crippen molar-refractivity contribution in [3.63, 3.8) is 0 Å². The van der Waals surface area contributed by atoms with Gasteiger partial charge in [-0.25, -0.2) is 0 Å². The molecule has 3 N–H and O–H groups in total. The molecule has 1 aliphatic rings. The van der Waals surface area contributed by atoms with Crippen LogP contribution in [0.15, 0.2) is 12.1 Å². The fourth-order valence-corrected chi connectivity index (χ4v) is 2.50. The van der Waals surface area contributed by atoms with Crippen LogP contribution in [-0.2, 0) is 4.74 Å². The van der Waals surface area contributed by atoms with E-state index in [0.717, 1.165) is 18.8 Å². The second-order valence-corrected chi connectivity index (χ2v) is 5.50. The van der Waals surface area contributed by atoms with E-state index >= 15 is 0 Å². The summed E-state index contributed by atoms with van der Waals surface area (Å²) in [6, 6.07) is 3.69. The first-order valence-electron chi connectivity index (χ1n) is 8.04. The third kappa shape index (κ3) is 5.42. The number of hydrogen-bond acceptors (Lipinski definition) is 5. The summed E-state index contributed by atoms with van der Waals surface area (Å²) in [6.07, 6.45) is 7.75. The number of nitrogen functional groups attached to an aromatic ring is 1. The largest absolute Gasteiger partial charge is 0.476 e. The highest BCUT2D eigenvalue weighted by molar-refractivity contribution is 5.53. The average Bonchev–Trinajstić information content (AvgIpc) is 2.52. The Morgan fingerprint density at radius 2 is 2.05 bits per heavy atom. The Morgan fingerprint density at radius 1 is 1.24 bits per heavy atom. The van der Waals surface area contributed by atoms with Crippen molar-refractivity contribution >= 4 is 11.5 Å². The molecule has 1 saturated carbocycles. The molecule has 1 heterocycles. The Balaban J connectivity index is 1.72. The van der Waals surface area contributed by atoms with E-state index in [-0.39, 0.29) is 0 Å². The standard InChI is InChI=1S/C16H27N3O2/c1-2-11-21-16-14(17)8-9-15(19-16)18-10-12-20-13-6-4-3-5-7-13/h8-9,13H,2-7,10-12,17H2,1H3,(H,18,19). The molecule has 1 aromatic heterocycles. The normalized spacial score (nSPS) is 15.9. The molecule has 0 radical (unpaired) electrons. The monoisotopic (exact) mass is 293 g/mol. The van der Waals surface area contributed by atoms with Crippen molar-refractivity contribution in [2.75, 3.05) is 30.8 Å². The van der Waals surface area contributed by atoms with Gasteiger partial charge in [-0.15, -0.1) is 0 Å². The number of anilines is 2. The topological polar surface area (TPSA) is 69.4 Å². The van der Waals surface area contributed by atoms with Crippen LogP contribution in [0.1, 0.15) is 45.4 Å². The zero-order valence-corrected chi connectivity index (χ0v) is 12.9. The molecule has 0 saturated heterocycles. The molecular formula is C16H27N3O2. The second-order valence-electron chi connectivity index (χ2n) is 5.50. The first kappa shape index (κ1) is 15.9. The number of nitrogens with one attached hydrogen (secondary N) is 1. The van der Waals surface area contributed by atoms with Crippen molar-refractivity contribution < 1.29 is 9.47 Å². The average molecular weight is 293 g/mol. The van der Waals surface area contributed by atoms with Crippen molar-refractivity contribution in [3.05, 3.63) is 12.1 Å². The summed E-state index contributed by atoms with van der Waals surface area (Å²) < 4.78 is 11.4. The van der Waals surface area contributed by atoms with Gasteiger partial charge in [-0.05, 0) is 31.4 Å². The van der Waals surface area contributed by atoms with E-state index in [4.69, 9.17) is 15.2 Å². The van der Waals surface area contributed by atoms with E-state index < -0.39 is 0 Å². The Kier molecular flexibility index (Phi) is 6.60. The maximum atomic E-state index is 5.88. The van der Waals surface area contributed by atoms with Gasteiger partial charge in [-0.3, -0.25) is 0 Å². The van der Waals surface area contributed by atoms with Crippen molar-refractivity contribution in [2.45, 2.75) is 51.6 Å². The van der Waals surface area contributed by atoms with Gasteiger partial charge in [0, 0.05) is 6.54 Å². The summed E-state index contributed by atoms with van der Waals surface area (Å²) in [6.45, 7) is 4.15. The summed E-state index contributed by atoms with van der Waals surface area (Å²) in [5.41, 5.74) is 6.42. The first-order valence-corrected chi connectivity index (χ1v) is 8.04. The Hall–Kier alpha value is -1.49. The van der Waals surface area contributed by atoms with E-state index in [9.17, 15) is 0 Å². The van der Waals surface area contributed by atoms with Crippen LogP contribution in [0.5, 0.6) is 5.88 Å². The molecule has 118 valence electrons. The molecule has 5 heteroatoms. The van der Waals surface area contributed by atoms with Crippen molar-refractivity contribution in [1.82, 2.24) is 4.98 Å². The quantitative estimate of drug-likeness (QED) is 0.720. The minimum absolute atomic E-state index is 0.448. The second kappa shape index (κ2) is 8.72. The zero-order chi connectivity index (χ0) is 14.9. The van der Waals surface area contributed by atoms with Gasteiger partial charge in [0.15, 0.2) is 0 Å². The zero-order valence-electron chi connectivity index (χ0n) is 12.9. The lowest BCUT2D eigenvalue weighted by atomic mass is 9.98. The van der Waals surface area contributed by atoms with Gasteiger partial charge in [-0.2, -0.15) is 4.98 Å². The van der Waals surface area contributed by atoms with Crippen molar-refractivity contribution in [1.29, 1.82) is 0 Å². The number of aromatic nitrogens is 1. The third-order valence-corrected chi connectivity index (χ3v) is 3.65. The Bertz CT molecular complexity index is 420. The highest BCUT2D eigenvalue weighted by Crippen LogP contribution is 2.21. The number of ether oxygens (including phenoxy) is 2. The predicted molar refractivity (Wildman–Crippen MR) is 85.8 cm³/mol. The van der Waals surface area contributed by atoms with Crippen LogP contribution in [-0.4, -0.2) is 30.8 Å². The number of pyridine rings is 1.